The molecular formula is C19H31O. The molecule has 0 heterocycles. The fraction of sp³-hybridized carbons (Fsp3) is 0.632. The van der Waals surface area contributed by atoms with E-state index < -0.39 is 0 Å². The van der Waals surface area contributed by atoms with Gasteiger partial charge in [-0.2, -0.15) is 0 Å². The van der Waals surface area contributed by atoms with Gasteiger partial charge in [0, 0.05) is 0 Å². The fourth-order valence-corrected chi connectivity index (χ4v) is 2.37. The van der Waals surface area contributed by atoms with Crippen LogP contribution in [-0.4, -0.2) is 6.61 Å². The normalized spacial score (nSPS) is 10.7. The Hall–Kier alpha value is -0.980. The van der Waals surface area contributed by atoms with Gasteiger partial charge in [-0.3, -0.25) is 0 Å². The summed E-state index contributed by atoms with van der Waals surface area (Å²) in [6.45, 7) is 6.98. The Labute approximate surface area is 125 Å². The molecule has 0 saturated heterocycles. The maximum atomic E-state index is 5.71. The van der Waals surface area contributed by atoms with E-state index in [1.165, 1.54) is 64.2 Å². The van der Waals surface area contributed by atoms with Crippen LogP contribution < -0.4 is 4.74 Å². The van der Waals surface area contributed by atoms with E-state index in [4.69, 9.17) is 4.74 Å². The molecule has 0 aromatic heterocycles. The molecule has 0 saturated carbocycles. The standard InChI is InChI=1S/C19H31O/c1-3-4-5-6-7-8-9-10-11-12-17-20-19-15-13-18(2)14-16-19/h13-16H,2-12,17H2,1H3. The molecule has 113 valence electrons. The monoisotopic (exact) mass is 275 g/mol. The Bertz CT molecular complexity index is 315. The zero-order valence-electron chi connectivity index (χ0n) is 13.2. The maximum absolute atomic E-state index is 5.71. The number of rotatable bonds is 12. The lowest BCUT2D eigenvalue weighted by molar-refractivity contribution is 0.304. The van der Waals surface area contributed by atoms with Crippen molar-refractivity contribution in [2.45, 2.75) is 71.1 Å². The summed E-state index contributed by atoms with van der Waals surface area (Å²) in [5, 5.41) is 0. The van der Waals surface area contributed by atoms with Crippen LogP contribution in [0.25, 0.3) is 0 Å². The lowest BCUT2D eigenvalue weighted by Crippen LogP contribution is -1.97. The molecule has 1 aromatic carbocycles. The Morgan fingerprint density at radius 2 is 1.25 bits per heavy atom. The summed E-state index contributed by atoms with van der Waals surface area (Å²) in [5.41, 5.74) is 1.04. The summed E-state index contributed by atoms with van der Waals surface area (Å²) in [6, 6.07) is 7.99. The molecule has 0 fully saturated rings. The van der Waals surface area contributed by atoms with E-state index in [-0.39, 0.29) is 0 Å². The molecule has 0 aliphatic rings. The topological polar surface area (TPSA) is 9.23 Å². The maximum Gasteiger partial charge on any atom is 0.119 e. The zero-order chi connectivity index (χ0) is 14.5. The van der Waals surface area contributed by atoms with Crippen LogP contribution in [0.5, 0.6) is 5.75 Å². The van der Waals surface area contributed by atoms with Gasteiger partial charge in [0.1, 0.15) is 5.75 Å². The molecule has 1 rings (SSSR count). The van der Waals surface area contributed by atoms with E-state index in [9.17, 15) is 0 Å². The van der Waals surface area contributed by atoms with E-state index in [2.05, 4.69) is 13.8 Å². The van der Waals surface area contributed by atoms with Crippen LogP contribution in [0.15, 0.2) is 24.3 Å². The smallest absolute Gasteiger partial charge is 0.119 e. The molecule has 1 aromatic rings. The molecular weight excluding hydrogens is 244 g/mol. The third-order valence-electron chi connectivity index (χ3n) is 3.69. The Morgan fingerprint density at radius 1 is 0.750 bits per heavy atom. The number of unbranched alkanes of at least 4 members (excludes halogenated alkanes) is 9. The molecule has 0 N–H and O–H groups in total. The van der Waals surface area contributed by atoms with Gasteiger partial charge < -0.3 is 4.74 Å². The summed E-state index contributed by atoms with van der Waals surface area (Å²) in [6.07, 6.45) is 13.7. The molecule has 0 spiro atoms. The molecule has 1 nitrogen and oxygen atoms in total. The minimum absolute atomic E-state index is 0.840. The fourth-order valence-electron chi connectivity index (χ4n) is 2.37. The highest BCUT2D eigenvalue weighted by molar-refractivity contribution is 5.28. The van der Waals surface area contributed by atoms with Gasteiger partial charge in [-0.1, -0.05) is 76.8 Å². The first-order valence-electron chi connectivity index (χ1n) is 8.37. The molecule has 20 heavy (non-hydrogen) atoms. The summed E-state index contributed by atoms with van der Waals surface area (Å²) >= 11 is 0. The molecule has 0 amide bonds. The number of hydrogen-bond acceptors (Lipinski definition) is 1. The van der Waals surface area contributed by atoms with Crippen LogP contribution in [0.2, 0.25) is 0 Å². The van der Waals surface area contributed by atoms with E-state index in [0.717, 1.165) is 17.9 Å². The van der Waals surface area contributed by atoms with Gasteiger partial charge in [-0.15, -0.1) is 0 Å². The third kappa shape index (κ3) is 9.01. The van der Waals surface area contributed by atoms with Crippen molar-refractivity contribution >= 4 is 0 Å². The Morgan fingerprint density at radius 3 is 1.80 bits per heavy atom. The van der Waals surface area contributed by atoms with Crippen molar-refractivity contribution in [3.05, 3.63) is 36.8 Å². The number of hydrogen-bond donors (Lipinski definition) is 0. The van der Waals surface area contributed by atoms with Gasteiger partial charge >= 0.3 is 0 Å². The minimum Gasteiger partial charge on any atom is -0.494 e. The average Bonchev–Trinajstić information content (AvgIpc) is 2.47. The van der Waals surface area contributed by atoms with Gasteiger partial charge in [-0.25, -0.2) is 0 Å². The minimum atomic E-state index is 0.840. The largest absolute Gasteiger partial charge is 0.494 e. The van der Waals surface area contributed by atoms with Gasteiger partial charge in [0.25, 0.3) is 0 Å². The summed E-state index contributed by atoms with van der Waals surface area (Å²) < 4.78 is 5.71. The second-order valence-corrected chi connectivity index (χ2v) is 5.67. The van der Waals surface area contributed by atoms with Crippen LogP contribution in [0.1, 0.15) is 76.7 Å². The van der Waals surface area contributed by atoms with E-state index in [1.807, 2.05) is 24.3 Å². The van der Waals surface area contributed by atoms with Crippen molar-refractivity contribution < 1.29 is 4.74 Å². The van der Waals surface area contributed by atoms with E-state index in [0.29, 0.717) is 0 Å². The number of ether oxygens (including phenoxy) is 1. The highest BCUT2D eigenvalue weighted by Crippen LogP contribution is 2.13. The average molecular weight is 275 g/mol. The van der Waals surface area contributed by atoms with E-state index in [1.54, 1.807) is 0 Å². The first kappa shape index (κ1) is 17.1. The van der Waals surface area contributed by atoms with Crippen molar-refractivity contribution in [2.75, 3.05) is 6.61 Å². The van der Waals surface area contributed by atoms with Crippen LogP contribution in [0, 0.1) is 6.92 Å². The molecule has 0 bridgehead atoms. The van der Waals surface area contributed by atoms with Crippen molar-refractivity contribution in [1.82, 2.24) is 0 Å². The Balaban J connectivity index is 1.84. The van der Waals surface area contributed by atoms with Crippen molar-refractivity contribution in [3.63, 3.8) is 0 Å². The van der Waals surface area contributed by atoms with Gasteiger partial charge in [0.15, 0.2) is 0 Å². The molecule has 0 aliphatic carbocycles. The van der Waals surface area contributed by atoms with Crippen LogP contribution >= 0.6 is 0 Å². The highest BCUT2D eigenvalue weighted by atomic mass is 16.5. The molecule has 1 heteroatoms. The van der Waals surface area contributed by atoms with Crippen molar-refractivity contribution in [2.24, 2.45) is 0 Å². The molecule has 0 atom stereocenters. The van der Waals surface area contributed by atoms with Gasteiger partial charge in [0.05, 0.1) is 6.61 Å². The van der Waals surface area contributed by atoms with Crippen LogP contribution in [0.3, 0.4) is 0 Å². The zero-order valence-corrected chi connectivity index (χ0v) is 13.2. The summed E-state index contributed by atoms with van der Waals surface area (Å²) in [4.78, 5) is 0. The lowest BCUT2D eigenvalue weighted by atomic mass is 10.1. The molecule has 0 aliphatic heterocycles. The predicted molar refractivity (Wildman–Crippen MR) is 88.2 cm³/mol. The quantitative estimate of drug-likeness (QED) is 0.414. The first-order valence-corrected chi connectivity index (χ1v) is 8.37. The van der Waals surface area contributed by atoms with Crippen LogP contribution in [-0.2, 0) is 0 Å². The summed E-state index contributed by atoms with van der Waals surface area (Å²) in [5.74, 6) is 0.966. The van der Waals surface area contributed by atoms with E-state index >= 15 is 0 Å². The second kappa shape index (κ2) is 11.8. The summed E-state index contributed by atoms with van der Waals surface area (Å²) in [7, 11) is 0. The van der Waals surface area contributed by atoms with Crippen LogP contribution in [0.4, 0.5) is 0 Å². The predicted octanol–water partition coefficient (Wildman–Crippen LogP) is 6.17. The SMILES string of the molecule is [CH2]c1ccc(OCCCCCCCCCCCC)cc1. The molecule has 1 radical (unpaired) electrons. The van der Waals surface area contributed by atoms with Gasteiger partial charge in [-0.05, 0) is 31.0 Å². The number of benzene rings is 1. The van der Waals surface area contributed by atoms with Crippen molar-refractivity contribution in [1.29, 1.82) is 0 Å². The highest BCUT2D eigenvalue weighted by Gasteiger charge is 1.95. The lowest BCUT2D eigenvalue weighted by Gasteiger charge is -2.06. The molecule has 0 unspecified atom stereocenters. The third-order valence-corrected chi connectivity index (χ3v) is 3.69. The van der Waals surface area contributed by atoms with Crippen molar-refractivity contribution in [3.8, 4) is 5.75 Å². The first-order chi connectivity index (χ1) is 9.83. The Kier molecular flexibility index (Phi) is 10.1. The van der Waals surface area contributed by atoms with Gasteiger partial charge in [0.2, 0.25) is 0 Å². The second-order valence-electron chi connectivity index (χ2n) is 5.67.